The molecule has 2 amide bonds. The minimum absolute atomic E-state index is 0.0765. The number of amides is 2. The first-order chi connectivity index (χ1) is 12.0. The Bertz CT molecular complexity index is 874. The zero-order chi connectivity index (χ0) is 18.0. The standard InChI is InChI=1S/C15H13FN6O3/c1-9(23)18-6-11-7-21(15(24)25-11)10-2-3-13(12(16)4-10)22-8-19-14(5-17)20-22/h2-4,8,11H,6-7H2,1H3,(H,18,23)/t11-/m0/s1. The molecule has 1 atom stereocenters. The zero-order valence-corrected chi connectivity index (χ0v) is 13.1. The fraction of sp³-hybridized carbons (Fsp3) is 0.267. The first-order valence-corrected chi connectivity index (χ1v) is 7.32. The van der Waals surface area contributed by atoms with Crippen LogP contribution < -0.4 is 10.2 Å². The van der Waals surface area contributed by atoms with Gasteiger partial charge in [0.1, 0.15) is 24.2 Å². The molecule has 1 aromatic carbocycles. The van der Waals surface area contributed by atoms with Gasteiger partial charge >= 0.3 is 6.09 Å². The summed E-state index contributed by atoms with van der Waals surface area (Å²) in [6.45, 7) is 1.75. The summed E-state index contributed by atoms with van der Waals surface area (Å²) < 4.78 is 20.6. The van der Waals surface area contributed by atoms with Gasteiger partial charge in [-0.3, -0.25) is 9.69 Å². The van der Waals surface area contributed by atoms with E-state index in [4.69, 9.17) is 10.00 Å². The Kier molecular flexibility index (Phi) is 4.30. The summed E-state index contributed by atoms with van der Waals surface area (Å²) in [5.41, 5.74) is 0.414. The number of carbonyl (C=O) groups is 2. The van der Waals surface area contributed by atoms with Crippen molar-refractivity contribution >= 4 is 17.7 Å². The van der Waals surface area contributed by atoms with Crippen molar-refractivity contribution in [2.24, 2.45) is 0 Å². The zero-order valence-electron chi connectivity index (χ0n) is 13.1. The van der Waals surface area contributed by atoms with Crippen LogP contribution in [0.25, 0.3) is 5.69 Å². The molecule has 0 radical (unpaired) electrons. The van der Waals surface area contributed by atoms with Crippen LogP contribution in [-0.4, -0.2) is 46.0 Å². The van der Waals surface area contributed by atoms with Crippen molar-refractivity contribution in [1.29, 1.82) is 5.26 Å². The van der Waals surface area contributed by atoms with Crippen molar-refractivity contribution in [2.75, 3.05) is 18.0 Å². The number of anilines is 1. The number of carbonyl (C=O) groups excluding carboxylic acids is 2. The van der Waals surface area contributed by atoms with Crippen molar-refractivity contribution in [3.05, 3.63) is 36.2 Å². The lowest BCUT2D eigenvalue weighted by Gasteiger charge is -2.14. The Hall–Kier alpha value is -3.48. The fourth-order valence-electron chi connectivity index (χ4n) is 2.38. The van der Waals surface area contributed by atoms with E-state index in [1.807, 2.05) is 0 Å². The Morgan fingerprint density at radius 3 is 3.00 bits per heavy atom. The molecular formula is C15H13FN6O3. The van der Waals surface area contributed by atoms with Crippen LogP contribution in [0.3, 0.4) is 0 Å². The molecule has 1 N–H and O–H groups in total. The van der Waals surface area contributed by atoms with Crippen molar-refractivity contribution in [2.45, 2.75) is 13.0 Å². The first kappa shape index (κ1) is 16.4. The second kappa shape index (κ2) is 6.56. The third kappa shape index (κ3) is 3.40. The number of hydrogen-bond acceptors (Lipinski definition) is 6. The molecule has 0 bridgehead atoms. The number of rotatable bonds is 4. The van der Waals surface area contributed by atoms with E-state index in [9.17, 15) is 14.0 Å². The van der Waals surface area contributed by atoms with E-state index in [0.717, 1.165) is 4.68 Å². The van der Waals surface area contributed by atoms with E-state index in [-0.39, 0.29) is 30.5 Å². The summed E-state index contributed by atoms with van der Waals surface area (Å²) >= 11 is 0. The number of nitrogens with one attached hydrogen (secondary N) is 1. The van der Waals surface area contributed by atoms with Crippen molar-refractivity contribution in [3.63, 3.8) is 0 Å². The number of cyclic esters (lactones) is 1. The van der Waals surface area contributed by atoms with Gasteiger partial charge in [0, 0.05) is 6.92 Å². The highest BCUT2D eigenvalue weighted by Crippen LogP contribution is 2.25. The smallest absolute Gasteiger partial charge is 0.414 e. The van der Waals surface area contributed by atoms with Crippen molar-refractivity contribution < 1.29 is 18.7 Å². The second-order valence-electron chi connectivity index (χ2n) is 5.31. The van der Waals surface area contributed by atoms with Crippen LogP contribution in [0.15, 0.2) is 24.5 Å². The van der Waals surface area contributed by atoms with E-state index >= 15 is 0 Å². The maximum Gasteiger partial charge on any atom is 0.414 e. The maximum absolute atomic E-state index is 14.4. The molecule has 0 spiro atoms. The summed E-state index contributed by atoms with van der Waals surface area (Å²) in [5.74, 6) is -0.938. The monoisotopic (exact) mass is 344 g/mol. The summed E-state index contributed by atoms with van der Waals surface area (Å²) in [4.78, 5) is 27.9. The SMILES string of the molecule is CC(=O)NC[C@H]1CN(c2ccc(-n3cnc(C#N)n3)c(F)c2)C(=O)O1. The number of nitrogens with zero attached hydrogens (tertiary/aromatic N) is 5. The Balaban J connectivity index is 1.77. The van der Waals surface area contributed by atoms with E-state index < -0.39 is 18.0 Å². The molecule has 1 saturated heterocycles. The van der Waals surface area contributed by atoms with E-state index in [1.165, 1.54) is 36.4 Å². The van der Waals surface area contributed by atoms with Gasteiger partial charge in [-0.25, -0.2) is 18.9 Å². The number of hydrogen-bond donors (Lipinski definition) is 1. The fourth-order valence-corrected chi connectivity index (χ4v) is 2.38. The topological polar surface area (TPSA) is 113 Å². The van der Waals surface area contributed by atoms with Gasteiger partial charge in [0.25, 0.3) is 5.82 Å². The molecule has 2 aromatic rings. The van der Waals surface area contributed by atoms with Gasteiger partial charge in [0.05, 0.1) is 18.8 Å². The Morgan fingerprint density at radius 2 is 2.36 bits per heavy atom. The van der Waals surface area contributed by atoms with Gasteiger partial charge in [-0.05, 0) is 18.2 Å². The van der Waals surface area contributed by atoms with Crippen LogP contribution in [0.2, 0.25) is 0 Å². The van der Waals surface area contributed by atoms with Crippen LogP contribution in [0.1, 0.15) is 12.7 Å². The third-order valence-electron chi connectivity index (χ3n) is 3.53. The molecule has 9 nitrogen and oxygen atoms in total. The minimum Gasteiger partial charge on any atom is -0.442 e. The molecule has 3 rings (SSSR count). The summed E-state index contributed by atoms with van der Waals surface area (Å²) in [7, 11) is 0. The summed E-state index contributed by atoms with van der Waals surface area (Å²) in [6.07, 6.45) is 0.104. The van der Waals surface area contributed by atoms with Crippen LogP contribution in [0.5, 0.6) is 0 Å². The van der Waals surface area contributed by atoms with Gasteiger partial charge in [-0.15, -0.1) is 5.10 Å². The summed E-state index contributed by atoms with van der Waals surface area (Å²) in [6, 6.07) is 5.89. The quantitative estimate of drug-likeness (QED) is 0.875. The Morgan fingerprint density at radius 1 is 1.56 bits per heavy atom. The molecule has 1 fully saturated rings. The van der Waals surface area contributed by atoms with Crippen molar-refractivity contribution in [3.8, 4) is 11.8 Å². The normalized spacial score (nSPS) is 16.4. The van der Waals surface area contributed by atoms with Gasteiger partial charge < -0.3 is 10.1 Å². The highest BCUT2D eigenvalue weighted by molar-refractivity contribution is 5.90. The van der Waals surface area contributed by atoms with Gasteiger partial charge in [0.15, 0.2) is 5.82 Å². The molecule has 10 heteroatoms. The van der Waals surface area contributed by atoms with Crippen LogP contribution >= 0.6 is 0 Å². The molecule has 25 heavy (non-hydrogen) atoms. The van der Waals surface area contributed by atoms with Crippen LogP contribution in [0.4, 0.5) is 14.9 Å². The van der Waals surface area contributed by atoms with E-state index in [1.54, 1.807) is 6.07 Å². The third-order valence-corrected chi connectivity index (χ3v) is 3.53. The predicted molar refractivity (Wildman–Crippen MR) is 82.3 cm³/mol. The molecule has 2 heterocycles. The van der Waals surface area contributed by atoms with Crippen LogP contribution in [-0.2, 0) is 9.53 Å². The number of nitriles is 1. The average Bonchev–Trinajstić information content (AvgIpc) is 3.19. The van der Waals surface area contributed by atoms with Crippen molar-refractivity contribution in [1.82, 2.24) is 20.1 Å². The molecule has 1 aromatic heterocycles. The number of halogens is 1. The van der Waals surface area contributed by atoms with E-state index in [2.05, 4.69) is 15.4 Å². The molecule has 0 saturated carbocycles. The number of aromatic nitrogens is 3. The highest BCUT2D eigenvalue weighted by Gasteiger charge is 2.32. The van der Waals surface area contributed by atoms with Gasteiger partial charge in [-0.1, -0.05) is 0 Å². The molecule has 1 aliphatic rings. The minimum atomic E-state index is -0.634. The second-order valence-corrected chi connectivity index (χ2v) is 5.31. The average molecular weight is 344 g/mol. The van der Waals surface area contributed by atoms with Gasteiger partial charge in [-0.2, -0.15) is 5.26 Å². The lowest BCUT2D eigenvalue weighted by atomic mass is 10.2. The highest BCUT2D eigenvalue weighted by atomic mass is 19.1. The van der Waals surface area contributed by atoms with Crippen LogP contribution in [0, 0.1) is 17.1 Å². The Labute approximate surface area is 141 Å². The number of ether oxygens (including phenoxy) is 1. The molecule has 0 unspecified atom stereocenters. The van der Waals surface area contributed by atoms with E-state index in [0.29, 0.717) is 5.69 Å². The summed E-state index contributed by atoms with van der Waals surface area (Å²) in [5, 5.41) is 15.1. The van der Waals surface area contributed by atoms with Gasteiger partial charge in [0.2, 0.25) is 5.91 Å². The number of benzene rings is 1. The predicted octanol–water partition coefficient (Wildman–Crippen LogP) is 0.739. The molecular weight excluding hydrogens is 331 g/mol. The first-order valence-electron chi connectivity index (χ1n) is 7.32. The molecule has 128 valence electrons. The lowest BCUT2D eigenvalue weighted by Crippen LogP contribution is -2.33. The maximum atomic E-state index is 14.4. The molecule has 0 aliphatic carbocycles. The largest absolute Gasteiger partial charge is 0.442 e. The molecule has 1 aliphatic heterocycles. The lowest BCUT2D eigenvalue weighted by molar-refractivity contribution is -0.119.